The van der Waals surface area contributed by atoms with E-state index in [1.54, 1.807) is 18.5 Å². The van der Waals surface area contributed by atoms with E-state index >= 15 is 0 Å². The van der Waals surface area contributed by atoms with Crippen molar-refractivity contribution in [1.29, 1.82) is 0 Å². The molecule has 3 aliphatic rings. The van der Waals surface area contributed by atoms with Gasteiger partial charge >= 0.3 is 0 Å². The first kappa shape index (κ1) is 20.3. The number of carbonyl (C=O) groups excluding carboxylic acids is 1. The summed E-state index contributed by atoms with van der Waals surface area (Å²) in [5.41, 5.74) is 0.830. The number of ketones is 1. The molecule has 0 aliphatic heterocycles. The molecular formula is C21H27BrN4O3. The zero-order valence-electron chi connectivity index (χ0n) is 17.0. The maximum Gasteiger partial charge on any atom is 0.283 e. The molecule has 3 saturated carbocycles. The molecular weight excluding hydrogens is 436 g/mol. The summed E-state index contributed by atoms with van der Waals surface area (Å²) in [5.74, 6) is 2.57. The second-order valence-corrected chi connectivity index (χ2v) is 9.85. The first-order chi connectivity index (χ1) is 13.8. The molecule has 2 bridgehead atoms. The van der Waals surface area contributed by atoms with Crippen molar-refractivity contribution in [2.45, 2.75) is 59.0 Å². The maximum absolute atomic E-state index is 12.7. The fourth-order valence-electron chi connectivity index (χ4n) is 5.10. The molecule has 2 aromatic rings. The van der Waals surface area contributed by atoms with Gasteiger partial charge in [-0.15, -0.1) is 0 Å². The fourth-order valence-corrected chi connectivity index (χ4v) is 5.52. The predicted molar refractivity (Wildman–Crippen MR) is 113 cm³/mol. The number of rotatable bonds is 7. The van der Waals surface area contributed by atoms with Crippen LogP contribution >= 0.6 is 15.9 Å². The van der Waals surface area contributed by atoms with Crippen molar-refractivity contribution in [2.24, 2.45) is 23.2 Å². The highest BCUT2D eigenvalue weighted by Crippen LogP contribution is 2.61. The standard InChI is InChI=1S/C21H27BrN4O3/c1-12-16-8-13(21(16,2)3)9-17(12)25-18-10-23-26(20(28)19(18)22)11-14(27)4-5-15-6-7-24-29-15/h6-7,10,12-13,16-17,25H,4-5,8-9,11H2,1-3H3/t12-,13+,16-,17-/m1/s1. The minimum atomic E-state index is -0.294. The Bertz CT molecular complexity index is 953. The van der Waals surface area contributed by atoms with Crippen LogP contribution in [0.15, 0.2) is 32.3 Å². The summed E-state index contributed by atoms with van der Waals surface area (Å²) < 4.78 is 6.64. The van der Waals surface area contributed by atoms with Crippen LogP contribution in [-0.2, 0) is 17.8 Å². The summed E-state index contributed by atoms with van der Waals surface area (Å²) in [6, 6.07) is 2.06. The van der Waals surface area contributed by atoms with Crippen molar-refractivity contribution < 1.29 is 9.32 Å². The van der Waals surface area contributed by atoms with Crippen molar-refractivity contribution in [3.8, 4) is 0 Å². The van der Waals surface area contributed by atoms with Gasteiger partial charge < -0.3 is 9.84 Å². The fraction of sp³-hybridized carbons (Fsp3) is 0.619. The number of carbonyl (C=O) groups is 1. The van der Waals surface area contributed by atoms with E-state index < -0.39 is 0 Å². The van der Waals surface area contributed by atoms with E-state index in [0.717, 1.165) is 12.3 Å². The molecule has 156 valence electrons. The Hall–Kier alpha value is -1.96. The molecule has 8 heteroatoms. The topological polar surface area (TPSA) is 90.0 Å². The van der Waals surface area contributed by atoms with Gasteiger partial charge in [-0.05, 0) is 51.9 Å². The number of hydrogen-bond donors (Lipinski definition) is 1. The number of anilines is 1. The highest BCUT2D eigenvalue weighted by atomic mass is 79.9. The molecule has 3 aliphatic carbocycles. The van der Waals surface area contributed by atoms with Crippen LogP contribution in [0.25, 0.3) is 0 Å². The van der Waals surface area contributed by atoms with Gasteiger partial charge in [0.25, 0.3) is 5.56 Å². The van der Waals surface area contributed by atoms with Gasteiger partial charge in [-0.1, -0.05) is 25.9 Å². The van der Waals surface area contributed by atoms with Gasteiger partial charge in [0.15, 0.2) is 5.78 Å². The molecule has 3 fully saturated rings. The first-order valence-electron chi connectivity index (χ1n) is 10.2. The van der Waals surface area contributed by atoms with Gasteiger partial charge in [-0.3, -0.25) is 9.59 Å². The van der Waals surface area contributed by atoms with E-state index in [2.05, 4.69) is 52.3 Å². The van der Waals surface area contributed by atoms with E-state index in [9.17, 15) is 9.59 Å². The van der Waals surface area contributed by atoms with Crippen LogP contribution in [0.2, 0.25) is 0 Å². The number of nitrogens with zero attached hydrogens (tertiary/aromatic N) is 3. The van der Waals surface area contributed by atoms with E-state index in [1.807, 2.05) is 0 Å². The highest BCUT2D eigenvalue weighted by Gasteiger charge is 2.56. The van der Waals surface area contributed by atoms with Crippen molar-refractivity contribution in [1.82, 2.24) is 14.9 Å². The third kappa shape index (κ3) is 3.79. The molecule has 7 nitrogen and oxygen atoms in total. The lowest BCUT2D eigenvalue weighted by molar-refractivity contribution is -0.119. The number of halogens is 1. The van der Waals surface area contributed by atoms with Crippen molar-refractivity contribution >= 4 is 27.4 Å². The van der Waals surface area contributed by atoms with E-state index in [-0.39, 0.29) is 24.3 Å². The normalized spacial score (nSPS) is 27.3. The molecule has 29 heavy (non-hydrogen) atoms. The highest BCUT2D eigenvalue weighted by molar-refractivity contribution is 9.10. The molecule has 2 heterocycles. The number of Topliss-reactive ketones (excluding diaryl/α,β-unsaturated/α-hetero) is 1. The lowest BCUT2D eigenvalue weighted by atomic mass is 9.45. The van der Waals surface area contributed by atoms with Crippen molar-refractivity contribution in [3.63, 3.8) is 0 Å². The van der Waals surface area contributed by atoms with Crippen LogP contribution in [0.3, 0.4) is 0 Å². The van der Waals surface area contributed by atoms with Crippen LogP contribution < -0.4 is 10.9 Å². The van der Waals surface area contributed by atoms with Crippen LogP contribution in [0.5, 0.6) is 0 Å². The van der Waals surface area contributed by atoms with Crippen LogP contribution in [0.1, 0.15) is 45.8 Å². The lowest BCUT2D eigenvalue weighted by Gasteiger charge is -2.62. The second kappa shape index (κ2) is 7.70. The van der Waals surface area contributed by atoms with E-state index in [1.165, 1.54) is 11.1 Å². The molecule has 0 unspecified atom stereocenters. The number of aromatic nitrogens is 3. The smallest absolute Gasteiger partial charge is 0.283 e. The minimum absolute atomic E-state index is 0.0516. The summed E-state index contributed by atoms with van der Waals surface area (Å²) in [5, 5.41) is 11.4. The molecule has 4 atom stereocenters. The Morgan fingerprint density at radius 2 is 2.21 bits per heavy atom. The Morgan fingerprint density at radius 3 is 2.86 bits per heavy atom. The maximum atomic E-state index is 12.7. The van der Waals surface area contributed by atoms with Crippen molar-refractivity contribution in [2.75, 3.05) is 5.32 Å². The van der Waals surface area contributed by atoms with E-state index in [0.29, 0.717) is 45.6 Å². The molecule has 1 N–H and O–H groups in total. The predicted octanol–water partition coefficient (Wildman–Crippen LogP) is 3.68. The molecule has 0 saturated heterocycles. The number of nitrogens with one attached hydrogen (secondary N) is 1. The van der Waals surface area contributed by atoms with Gasteiger partial charge in [0, 0.05) is 24.9 Å². The third-order valence-electron chi connectivity index (χ3n) is 7.15. The first-order valence-corrected chi connectivity index (χ1v) is 11.0. The zero-order valence-corrected chi connectivity index (χ0v) is 18.6. The quantitative estimate of drug-likeness (QED) is 0.674. The van der Waals surface area contributed by atoms with Gasteiger partial charge in [0.2, 0.25) is 0 Å². The Labute approximate surface area is 178 Å². The molecule has 5 rings (SSSR count). The number of aryl methyl sites for hydroxylation is 1. The van der Waals surface area contributed by atoms with Gasteiger partial charge in [0.05, 0.1) is 18.1 Å². The second-order valence-electron chi connectivity index (χ2n) is 9.06. The largest absolute Gasteiger partial charge is 0.380 e. The molecule has 0 amide bonds. The molecule has 0 aromatic carbocycles. The van der Waals surface area contributed by atoms with Crippen LogP contribution in [-0.4, -0.2) is 26.8 Å². The SMILES string of the molecule is C[C@@H]1[C@H]2C[C@@H](C[C@H]1Nc1cnn(CC(=O)CCc3ccno3)c(=O)c1Br)C2(C)C. The van der Waals surface area contributed by atoms with Gasteiger partial charge in [0.1, 0.15) is 16.8 Å². The number of fused-ring (bicyclic) bond motifs is 2. The average molecular weight is 463 g/mol. The monoisotopic (exact) mass is 462 g/mol. The van der Waals surface area contributed by atoms with Crippen LogP contribution in [0.4, 0.5) is 5.69 Å². The Kier molecular flexibility index (Phi) is 5.40. The summed E-state index contributed by atoms with van der Waals surface area (Å²) in [6.45, 7) is 6.99. The molecule has 0 spiro atoms. The Balaban J connectivity index is 1.40. The summed E-state index contributed by atoms with van der Waals surface area (Å²) in [7, 11) is 0. The summed E-state index contributed by atoms with van der Waals surface area (Å²) in [4.78, 5) is 24.9. The van der Waals surface area contributed by atoms with E-state index in [4.69, 9.17) is 4.52 Å². The zero-order chi connectivity index (χ0) is 20.8. The summed E-state index contributed by atoms with van der Waals surface area (Å²) >= 11 is 3.42. The minimum Gasteiger partial charge on any atom is -0.380 e. The van der Waals surface area contributed by atoms with Gasteiger partial charge in [-0.25, -0.2) is 4.68 Å². The van der Waals surface area contributed by atoms with Crippen molar-refractivity contribution in [3.05, 3.63) is 39.0 Å². The third-order valence-corrected chi connectivity index (χ3v) is 7.91. The summed E-state index contributed by atoms with van der Waals surface area (Å²) in [6.07, 6.45) is 6.36. The Morgan fingerprint density at radius 1 is 1.41 bits per heavy atom. The van der Waals surface area contributed by atoms with Gasteiger partial charge in [-0.2, -0.15) is 5.10 Å². The molecule has 0 radical (unpaired) electrons. The number of hydrogen-bond acceptors (Lipinski definition) is 6. The average Bonchev–Trinajstić information content (AvgIpc) is 3.20. The lowest BCUT2D eigenvalue weighted by Crippen LogP contribution is -2.58. The molecule has 2 aromatic heterocycles. The van der Waals surface area contributed by atoms with Crippen LogP contribution in [0, 0.1) is 23.2 Å².